The van der Waals surface area contributed by atoms with E-state index in [2.05, 4.69) is 12.3 Å². The Kier molecular flexibility index (Phi) is 4.26. The number of hydrogen-bond acceptors (Lipinski definition) is 3. The topological polar surface area (TPSA) is 38.0 Å². The number of nitrogens with two attached hydrogens (primary N) is 1. The summed E-state index contributed by atoms with van der Waals surface area (Å²) in [6, 6.07) is 5.73. The minimum atomic E-state index is 0.0289. The zero-order valence-corrected chi connectivity index (χ0v) is 12.0. The summed E-state index contributed by atoms with van der Waals surface area (Å²) in [6.45, 7) is 2.23. The standard InChI is InChI=1S/C12H16Cl2N2S/c1-12(6-3-7-17-12)11(16-15)8-4-2-5-9(13)10(8)14/h2,4-5,11,16H,3,6-7,15H2,1H3. The molecule has 1 saturated heterocycles. The molecule has 0 saturated carbocycles. The van der Waals surface area contributed by atoms with Crippen LogP contribution in [0.25, 0.3) is 0 Å². The third kappa shape index (κ3) is 2.59. The molecular formula is C12H16Cl2N2S. The van der Waals surface area contributed by atoms with Crippen LogP contribution in [0.5, 0.6) is 0 Å². The van der Waals surface area contributed by atoms with Gasteiger partial charge in [-0.25, -0.2) is 0 Å². The molecule has 2 unspecified atom stereocenters. The van der Waals surface area contributed by atoms with Gasteiger partial charge in [0.15, 0.2) is 0 Å². The van der Waals surface area contributed by atoms with Gasteiger partial charge in [0.05, 0.1) is 16.1 Å². The maximum atomic E-state index is 6.27. The second-order valence-electron chi connectivity index (χ2n) is 4.51. The van der Waals surface area contributed by atoms with E-state index >= 15 is 0 Å². The molecule has 17 heavy (non-hydrogen) atoms. The summed E-state index contributed by atoms with van der Waals surface area (Å²) in [6.07, 6.45) is 2.35. The fourth-order valence-corrected chi connectivity index (χ4v) is 4.19. The van der Waals surface area contributed by atoms with Crippen LogP contribution in [0.4, 0.5) is 0 Å². The third-order valence-electron chi connectivity index (χ3n) is 3.32. The summed E-state index contributed by atoms with van der Waals surface area (Å²) in [5.41, 5.74) is 3.89. The zero-order valence-electron chi connectivity index (χ0n) is 9.67. The van der Waals surface area contributed by atoms with Crippen LogP contribution in [0.3, 0.4) is 0 Å². The summed E-state index contributed by atoms with van der Waals surface area (Å²) in [5, 5.41) is 1.18. The SMILES string of the molecule is CC1(C(NN)c2cccc(Cl)c2Cl)CCCS1. The Morgan fingerprint density at radius 1 is 1.47 bits per heavy atom. The molecule has 0 aromatic heterocycles. The van der Waals surface area contributed by atoms with Gasteiger partial charge in [-0.2, -0.15) is 11.8 Å². The minimum Gasteiger partial charge on any atom is -0.271 e. The molecule has 0 spiro atoms. The Morgan fingerprint density at radius 2 is 2.24 bits per heavy atom. The van der Waals surface area contributed by atoms with Crippen molar-refractivity contribution in [3.63, 3.8) is 0 Å². The van der Waals surface area contributed by atoms with E-state index in [0.717, 1.165) is 12.0 Å². The van der Waals surface area contributed by atoms with E-state index in [4.69, 9.17) is 29.0 Å². The van der Waals surface area contributed by atoms with Gasteiger partial charge >= 0.3 is 0 Å². The fourth-order valence-electron chi connectivity index (χ4n) is 2.37. The monoisotopic (exact) mass is 290 g/mol. The van der Waals surface area contributed by atoms with Crippen molar-refractivity contribution in [2.75, 3.05) is 5.75 Å². The molecule has 1 fully saturated rings. The van der Waals surface area contributed by atoms with E-state index in [1.807, 2.05) is 23.9 Å². The van der Waals surface area contributed by atoms with Crippen molar-refractivity contribution in [3.8, 4) is 0 Å². The molecule has 2 rings (SSSR count). The molecule has 1 aliphatic heterocycles. The molecule has 0 radical (unpaired) electrons. The van der Waals surface area contributed by atoms with Crippen LogP contribution >= 0.6 is 35.0 Å². The molecule has 5 heteroatoms. The first kappa shape index (κ1) is 13.5. The van der Waals surface area contributed by atoms with Crippen LogP contribution in [0.1, 0.15) is 31.4 Å². The van der Waals surface area contributed by atoms with Gasteiger partial charge in [0.1, 0.15) is 0 Å². The number of nitrogens with one attached hydrogen (secondary N) is 1. The van der Waals surface area contributed by atoms with Gasteiger partial charge in [-0.1, -0.05) is 35.3 Å². The highest BCUT2D eigenvalue weighted by atomic mass is 35.5. The molecule has 94 valence electrons. The highest BCUT2D eigenvalue weighted by Gasteiger charge is 2.39. The second-order valence-corrected chi connectivity index (χ2v) is 6.92. The van der Waals surface area contributed by atoms with Crippen LogP contribution in [0.15, 0.2) is 18.2 Å². The Hall–Kier alpha value is 0.0700. The normalized spacial score (nSPS) is 26.1. The van der Waals surface area contributed by atoms with E-state index in [1.165, 1.54) is 12.2 Å². The zero-order chi connectivity index (χ0) is 12.5. The summed E-state index contributed by atoms with van der Waals surface area (Å²) in [4.78, 5) is 0. The number of thioether (sulfide) groups is 1. The molecule has 0 aliphatic carbocycles. The summed E-state index contributed by atoms with van der Waals surface area (Å²) in [5.74, 6) is 6.90. The van der Waals surface area contributed by atoms with Crippen LogP contribution < -0.4 is 11.3 Å². The predicted octanol–water partition coefficient (Wildman–Crippen LogP) is 3.78. The van der Waals surface area contributed by atoms with Crippen molar-refractivity contribution < 1.29 is 0 Å². The molecular weight excluding hydrogens is 275 g/mol. The lowest BCUT2D eigenvalue weighted by molar-refractivity contribution is 0.421. The van der Waals surface area contributed by atoms with Crippen LogP contribution in [0, 0.1) is 0 Å². The van der Waals surface area contributed by atoms with Crippen molar-refractivity contribution in [3.05, 3.63) is 33.8 Å². The molecule has 2 atom stereocenters. The van der Waals surface area contributed by atoms with E-state index in [9.17, 15) is 0 Å². The van der Waals surface area contributed by atoms with E-state index < -0.39 is 0 Å². The molecule has 1 aromatic carbocycles. The summed E-state index contributed by atoms with van der Waals surface area (Å²) in [7, 11) is 0. The number of benzene rings is 1. The van der Waals surface area contributed by atoms with E-state index in [1.54, 1.807) is 6.07 Å². The van der Waals surface area contributed by atoms with Crippen molar-refractivity contribution in [1.29, 1.82) is 0 Å². The third-order valence-corrected chi connectivity index (χ3v) is 5.74. The average molecular weight is 291 g/mol. The Bertz CT molecular complexity index is 405. The molecule has 3 N–H and O–H groups in total. The number of hydrogen-bond donors (Lipinski definition) is 2. The Labute approximate surface area is 116 Å². The van der Waals surface area contributed by atoms with Gasteiger partial charge in [-0.3, -0.25) is 11.3 Å². The van der Waals surface area contributed by atoms with Gasteiger partial charge in [-0.15, -0.1) is 0 Å². The van der Waals surface area contributed by atoms with Gasteiger partial charge in [0.2, 0.25) is 0 Å². The molecule has 0 bridgehead atoms. The first-order valence-electron chi connectivity index (χ1n) is 5.62. The van der Waals surface area contributed by atoms with Gasteiger partial charge < -0.3 is 0 Å². The number of rotatable bonds is 3. The van der Waals surface area contributed by atoms with Crippen molar-refractivity contribution in [2.45, 2.75) is 30.6 Å². The van der Waals surface area contributed by atoms with Crippen LogP contribution in [-0.2, 0) is 0 Å². The maximum absolute atomic E-state index is 6.27. The van der Waals surface area contributed by atoms with Crippen LogP contribution in [-0.4, -0.2) is 10.5 Å². The van der Waals surface area contributed by atoms with Gasteiger partial charge in [0.25, 0.3) is 0 Å². The first-order valence-corrected chi connectivity index (χ1v) is 7.36. The lowest BCUT2D eigenvalue weighted by atomic mass is 9.91. The first-order chi connectivity index (χ1) is 8.08. The highest BCUT2D eigenvalue weighted by Crippen LogP contribution is 2.48. The highest BCUT2D eigenvalue weighted by molar-refractivity contribution is 8.00. The van der Waals surface area contributed by atoms with Gasteiger partial charge in [0, 0.05) is 4.75 Å². The van der Waals surface area contributed by atoms with Crippen LogP contribution in [0.2, 0.25) is 10.0 Å². The summed E-state index contributed by atoms with van der Waals surface area (Å²) < 4.78 is 0.0864. The Morgan fingerprint density at radius 3 is 2.82 bits per heavy atom. The number of hydrazine groups is 1. The van der Waals surface area contributed by atoms with Crippen molar-refractivity contribution in [1.82, 2.24) is 5.43 Å². The maximum Gasteiger partial charge on any atom is 0.0641 e. The number of halogens is 2. The lowest BCUT2D eigenvalue weighted by Gasteiger charge is -2.33. The van der Waals surface area contributed by atoms with E-state index in [0.29, 0.717) is 10.0 Å². The second kappa shape index (κ2) is 5.37. The molecule has 2 nitrogen and oxygen atoms in total. The predicted molar refractivity (Wildman–Crippen MR) is 76.6 cm³/mol. The van der Waals surface area contributed by atoms with Gasteiger partial charge in [-0.05, 0) is 37.1 Å². The average Bonchev–Trinajstić information content (AvgIpc) is 2.73. The fraction of sp³-hybridized carbons (Fsp3) is 0.500. The quantitative estimate of drug-likeness (QED) is 0.657. The molecule has 0 amide bonds. The Balaban J connectivity index is 2.38. The lowest BCUT2D eigenvalue weighted by Crippen LogP contribution is -2.41. The van der Waals surface area contributed by atoms with Crippen molar-refractivity contribution >= 4 is 35.0 Å². The molecule has 1 heterocycles. The molecule has 1 aliphatic rings. The molecule has 1 aromatic rings. The minimum absolute atomic E-state index is 0.0289. The summed E-state index contributed by atoms with van der Waals surface area (Å²) >= 11 is 14.3. The van der Waals surface area contributed by atoms with Crippen molar-refractivity contribution in [2.24, 2.45) is 5.84 Å². The van der Waals surface area contributed by atoms with E-state index in [-0.39, 0.29) is 10.8 Å². The smallest absolute Gasteiger partial charge is 0.0641 e. The largest absolute Gasteiger partial charge is 0.271 e.